The number of likely N-dealkylation sites (tertiary alicyclic amines) is 1. The Hall–Kier alpha value is -2.35. The van der Waals surface area contributed by atoms with Crippen molar-refractivity contribution in [2.45, 2.75) is 46.1 Å². The van der Waals surface area contributed by atoms with Crippen LogP contribution in [0, 0.1) is 5.92 Å². The van der Waals surface area contributed by atoms with Crippen molar-refractivity contribution in [1.29, 1.82) is 0 Å². The zero-order valence-corrected chi connectivity index (χ0v) is 18.3. The van der Waals surface area contributed by atoms with Crippen LogP contribution in [0.3, 0.4) is 0 Å². The van der Waals surface area contributed by atoms with Gasteiger partial charge in [-0.3, -0.25) is 9.59 Å². The third-order valence-corrected chi connectivity index (χ3v) is 6.13. The molecule has 3 heterocycles. The zero-order valence-electron chi connectivity index (χ0n) is 18.3. The molecule has 0 spiro atoms. The van der Waals surface area contributed by atoms with Gasteiger partial charge in [0.05, 0.1) is 13.7 Å². The number of carbonyl (C=O) groups is 2. The topological polar surface area (TPSA) is 81.1 Å². The van der Waals surface area contributed by atoms with Crippen molar-refractivity contribution in [3.05, 3.63) is 27.7 Å². The van der Waals surface area contributed by atoms with Gasteiger partial charge in [0.1, 0.15) is 17.9 Å². The van der Waals surface area contributed by atoms with Crippen molar-refractivity contribution >= 4 is 11.9 Å². The summed E-state index contributed by atoms with van der Waals surface area (Å²) in [6.07, 6.45) is 3.12. The Bertz CT molecular complexity index is 835. The van der Waals surface area contributed by atoms with E-state index >= 15 is 0 Å². The van der Waals surface area contributed by atoms with Crippen molar-refractivity contribution in [3.63, 3.8) is 0 Å². The fourth-order valence-electron chi connectivity index (χ4n) is 4.19. The molecule has 1 aromatic heterocycles. The maximum Gasteiger partial charge on any atom is 0.343 e. The SMILES string of the molecule is CC[C@@H](C)CN1CCc2c(C(=O)OC)c(OCCN3CCCC3=O)cc(=O)n2CC1. The molecule has 8 nitrogen and oxygen atoms in total. The Balaban J connectivity index is 1.81. The van der Waals surface area contributed by atoms with Gasteiger partial charge in [0.25, 0.3) is 5.56 Å². The number of amides is 1. The normalized spacial score (nSPS) is 18.1. The molecular weight excluding hydrogens is 386 g/mol. The molecule has 0 N–H and O–H groups in total. The summed E-state index contributed by atoms with van der Waals surface area (Å²) in [5, 5.41) is 0. The number of aromatic nitrogens is 1. The first-order chi connectivity index (χ1) is 14.4. The van der Waals surface area contributed by atoms with Gasteiger partial charge < -0.3 is 23.8 Å². The van der Waals surface area contributed by atoms with Crippen molar-refractivity contribution in [1.82, 2.24) is 14.4 Å². The molecule has 0 aliphatic carbocycles. The number of nitrogens with zero attached hydrogens (tertiary/aromatic N) is 3. The van der Waals surface area contributed by atoms with Crippen LogP contribution in [0.25, 0.3) is 0 Å². The van der Waals surface area contributed by atoms with Crippen LogP contribution in [0.15, 0.2) is 10.9 Å². The van der Waals surface area contributed by atoms with E-state index < -0.39 is 5.97 Å². The van der Waals surface area contributed by atoms with Crippen LogP contribution in [0.1, 0.15) is 49.2 Å². The van der Waals surface area contributed by atoms with Gasteiger partial charge in [0.15, 0.2) is 0 Å². The molecule has 2 aliphatic rings. The number of hydrogen-bond donors (Lipinski definition) is 0. The fraction of sp³-hybridized carbons (Fsp3) is 0.682. The highest BCUT2D eigenvalue weighted by Gasteiger charge is 2.27. The Labute approximate surface area is 177 Å². The molecule has 8 heteroatoms. The Morgan fingerprint density at radius 3 is 2.63 bits per heavy atom. The molecule has 1 fully saturated rings. The van der Waals surface area contributed by atoms with E-state index in [1.54, 1.807) is 9.47 Å². The molecule has 0 bridgehead atoms. The third kappa shape index (κ3) is 5.03. The molecule has 0 unspecified atom stereocenters. The van der Waals surface area contributed by atoms with Crippen LogP contribution < -0.4 is 10.3 Å². The second-order valence-corrected chi connectivity index (χ2v) is 8.21. The minimum Gasteiger partial charge on any atom is -0.491 e. The summed E-state index contributed by atoms with van der Waals surface area (Å²) in [6, 6.07) is 1.38. The van der Waals surface area contributed by atoms with Gasteiger partial charge in [-0.1, -0.05) is 20.3 Å². The first-order valence-corrected chi connectivity index (χ1v) is 10.9. The Morgan fingerprint density at radius 1 is 1.17 bits per heavy atom. The summed E-state index contributed by atoms with van der Waals surface area (Å²) in [7, 11) is 1.34. The predicted octanol–water partition coefficient (Wildman–Crippen LogP) is 1.54. The van der Waals surface area contributed by atoms with Gasteiger partial charge in [-0.2, -0.15) is 0 Å². The van der Waals surface area contributed by atoms with E-state index in [4.69, 9.17) is 9.47 Å². The largest absolute Gasteiger partial charge is 0.491 e. The van der Waals surface area contributed by atoms with Crippen LogP contribution in [-0.4, -0.2) is 72.7 Å². The number of pyridine rings is 1. The van der Waals surface area contributed by atoms with E-state index in [9.17, 15) is 14.4 Å². The highest BCUT2D eigenvalue weighted by atomic mass is 16.5. The number of fused-ring (bicyclic) bond motifs is 1. The zero-order chi connectivity index (χ0) is 21.7. The summed E-state index contributed by atoms with van der Waals surface area (Å²) in [6.45, 7) is 8.87. The van der Waals surface area contributed by atoms with Gasteiger partial charge in [-0.05, 0) is 12.3 Å². The van der Waals surface area contributed by atoms with Gasteiger partial charge >= 0.3 is 5.97 Å². The molecule has 0 aromatic carbocycles. The van der Waals surface area contributed by atoms with E-state index in [2.05, 4.69) is 18.7 Å². The van der Waals surface area contributed by atoms with Gasteiger partial charge in [-0.15, -0.1) is 0 Å². The number of esters is 1. The molecule has 0 radical (unpaired) electrons. The molecule has 1 amide bonds. The molecule has 1 saturated heterocycles. The van der Waals surface area contributed by atoms with E-state index in [1.807, 2.05) is 0 Å². The quantitative estimate of drug-likeness (QED) is 0.595. The van der Waals surface area contributed by atoms with Crippen molar-refractivity contribution in [3.8, 4) is 5.75 Å². The van der Waals surface area contributed by atoms with Crippen LogP contribution in [0.2, 0.25) is 0 Å². The van der Waals surface area contributed by atoms with E-state index in [0.29, 0.717) is 43.1 Å². The van der Waals surface area contributed by atoms with Gasteiger partial charge in [0.2, 0.25) is 5.91 Å². The predicted molar refractivity (Wildman–Crippen MR) is 113 cm³/mol. The second kappa shape index (κ2) is 10.1. The van der Waals surface area contributed by atoms with E-state index in [1.165, 1.54) is 13.2 Å². The minimum absolute atomic E-state index is 0.121. The fourth-order valence-corrected chi connectivity index (χ4v) is 4.19. The average Bonchev–Trinajstić information content (AvgIpc) is 3.02. The first-order valence-electron chi connectivity index (χ1n) is 10.9. The van der Waals surface area contributed by atoms with E-state index in [-0.39, 0.29) is 23.8 Å². The number of carbonyl (C=O) groups excluding carboxylic acids is 2. The molecule has 166 valence electrons. The summed E-state index contributed by atoms with van der Waals surface area (Å²) < 4.78 is 12.5. The molecule has 0 saturated carbocycles. The Kier molecular flexibility index (Phi) is 7.53. The molecular formula is C22H33N3O5. The lowest BCUT2D eigenvalue weighted by molar-refractivity contribution is -0.128. The third-order valence-electron chi connectivity index (χ3n) is 6.13. The number of rotatable bonds is 8. The maximum atomic E-state index is 12.8. The lowest BCUT2D eigenvalue weighted by atomic mass is 10.1. The number of ether oxygens (including phenoxy) is 2. The summed E-state index contributed by atoms with van der Waals surface area (Å²) in [4.78, 5) is 41.3. The molecule has 2 aliphatic heterocycles. The van der Waals surface area contributed by atoms with E-state index in [0.717, 1.165) is 39.0 Å². The monoisotopic (exact) mass is 419 g/mol. The lowest BCUT2D eigenvalue weighted by Gasteiger charge is -2.22. The van der Waals surface area contributed by atoms with Gasteiger partial charge in [-0.25, -0.2) is 4.79 Å². The smallest absolute Gasteiger partial charge is 0.343 e. The summed E-state index contributed by atoms with van der Waals surface area (Å²) in [5.74, 6) is 0.451. The molecule has 1 atom stereocenters. The standard InChI is InChI=1S/C22H33N3O5/c1-4-16(2)15-23-9-7-17-21(22(28)29-3)18(14-20(27)25(17)11-10-23)30-13-12-24-8-5-6-19(24)26/h14,16H,4-13,15H2,1-3H3/t16-/m1/s1. The average molecular weight is 420 g/mol. The summed E-state index contributed by atoms with van der Waals surface area (Å²) in [5.41, 5.74) is 0.832. The second-order valence-electron chi connectivity index (χ2n) is 8.21. The van der Waals surface area contributed by atoms with Crippen LogP contribution in [0.5, 0.6) is 5.75 Å². The minimum atomic E-state index is -0.499. The summed E-state index contributed by atoms with van der Waals surface area (Å²) >= 11 is 0. The van der Waals surface area contributed by atoms with Crippen LogP contribution in [-0.2, 0) is 22.5 Å². The van der Waals surface area contributed by atoms with Crippen LogP contribution in [0.4, 0.5) is 0 Å². The van der Waals surface area contributed by atoms with Crippen molar-refractivity contribution in [2.24, 2.45) is 5.92 Å². The molecule has 30 heavy (non-hydrogen) atoms. The van der Waals surface area contributed by atoms with Crippen molar-refractivity contribution < 1.29 is 19.1 Å². The first kappa shape index (κ1) is 22.3. The van der Waals surface area contributed by atoms with Crippen LogP contribution >= 0.6 is 0 Å². The molecule has 3 rings (SSSR count). The Morgan fingerprint density at radius 2 is 1.97 bits per heavy atom. The van der Waals surface area contributed by atoms with Gasteiger partial charge in [0, 0.05) is 57.3 Å². The number of hydrogen-bond acceptors (Lipinski definition) is 6. The highest BCUT2D eigenvalue weighted by molar-refractivity contribution is 5.93. The maximum absolute atomic E-state index is 12.8. The van der Waals surface area contributed by atoms with Crippen molar-refractivity contribution in [2.75, 3.05) is 46.4 Å². The molecule has 1 aromatic rings. The lowest BCUT2D eigenvalue weighted by Crippen LogP contribution is -2.32. The highest BCUT2D eigenvalue weighted by Crippen LogP contribution is 2.24. The number of methoxy groups -OCH3 is 1.